The highest BCUT2D eigenvalue weighted by Crippen LogP contribution is 2.27. The van der Waals surface area contributed by atoms with Gasteiger partial charge in [-0.2, -0.15) is 0 Å². The van der Waals surface area contributed by atoms with Crippen LogP contribution in [0.25, 0.3) is 0 Å². The van der Waals surface area contributed by atoms with Crippen LogP contribution in [0.4, 0.5) is 10.5 Å². The monoisotopic (exact) mass is 642 g/mol. The molecule has 0 radical (unpaired) electrons. The van der Waals surface area contributed by atoms with Crippen molar-refractivity contribution in [3.8, 4) is 0 Å². The van der Waals surface area contributed by atoms with E-state index in [2.05, 4.69) is 53.6 Å². The lowest BCUT2D eigenvalue weighted by atomic mass is 9.90. The fraction of sp³-hybridized carbons (Fsp3) is 0.605. The number of benzene rings is 2. The number of likely N-dealkylation sites (tertiary alicyclic amines) is 2. The highest BCUT2D eigenvalue weighted by molar-refractivity contribution is 5.91. The van der Waals surface area contributed by atoms with Crippen molar-refractivity contribution in [3.05, 3.63) is 64.7 Å². The molecule has 6 rings (SSSR count). The van der Waals surface area contributed by atoms with E-state index < -0.39 is 0 Å². The molecule has 3 fully saturated rings. The molecule has 4 amide bonds. The van der Waals surface area contributed by atoms with E-state index in [0.717, 1.165) is 101 Å². The minimum absolute atomic E-state index is 0.0494. The summed E-state index contributed by atoms with van der Waals surface area (Å²) in [5.41, 5.74) is 5.90. The zero-order valence-electron chi connectivity index (χ0n) is 28.5. The molecule has 1 atom stereocenters. The Labute approximate surface area is 281 Å². The number of nitrogens with zero attached hydrogens (tertiary/aromatic N) is 4. The average molecular weight is 643 g/mol. The highest BCUT2D eigenvalue weighted by atomic mass is 16.2. The molecule has 2 aromatic rings. The standard InChI is InChI=1S/C38H54N6O3/c1-3-29-10-9-28(25-30(29)4-2)26-32(37(46)43-20-12-33(13-21-43)41-23-16-39-17-24-41)27-36(45)42-18-14-34(15-19-42)44-22-11-31-7-5-6-8-35(31)40-38(44)47/h5-10,25,32-34,39H,3-4,11-24,26-27H2,1-2H3,(H,40,47)/t32-/m0/s1. The van der Waals surface area contributed by atoms with E-state index in [1.54, 1.807) is 0 Å². The van der Waals surface area contributed by atoms with Gasteiger partial charge in [-0.1, -0.05) is 50.2 Å². The number of para-hydroxylation sites is 1. The van der Waals surface area contributed by atoms with Gasteiger partial charge in [0.1, 0.15) is 0 Å². The van der Waals surface area contributed by atoms with Gasteiger partial charge in [-0.15, -0.1) is 0 Å². The summed E-state index contributed by atoms with van der Waals surface area (Å²) >= 11 is 0. The van der Waals surface area contributed by atoms with Crippen LogP contribution in [0, 0.1) is 5.92 Å². The third-order valence-corrected chi connectivity index (χ3v) is 11.1. The molecule has 0 bridgehead atoms. The maximum Gasteiger partial charge on any atom is 0.322 e. The summed E-state index contributed by atoms with van der Waals surface area (Å²) in [6, 6.07) is 15.2. The molecule has 3 saturated heterocycles. The first-order valence-electron chi connectivity index (χ1n) is 18.2. The number of nitrogens with one attached hydrogen (secondary N) is 2. The quantitative estimate of drug-likeness (QED) is 0.425. The number of urea groups is 1. The van der Waals surface area contributed by atoms with E-state index in [-0.39, 0.29) is 36.2 Å². The Balaban J connectivity index is 1.09. The first-order valence-corrected chi connectivity index (χ1v) is 18.2. The van der Waals surface area contributed by atoms with Crippen LogP contribution in [0.5, 0.6) is 0 Å². The fourth-order valence-corrected chi connectivity index (χ4v) is 8.27. The lowest BCUT2D eigenvalue weighted by Gasteiger charge is -2.41. The number of carbonyl (C=O) groups is 3. The molecule has 4 aliphatic rings. The number of amides is 4. The number of piperazine rings is 1. The minimum atomic E-state index is -0.372. The number of fused-ring (bicyclic) bond motifs is 1. The van der Waals surface area contributed by atoms with Crippen molar-refractivity contribution in [3.63, 3.8) is 0 Å². The van der Waals surface area contributed by atoms with Crippen LogP contribution in [0.2, 0.25) is 0 Å². The van der Waals surface area contributed by atoms with E-state index in [9.17, 15) is 14.4 Å². The summed E-state index contributed by atoms with van der Waals surface area (Å²) < 4.78 is 0. The maximum atomic E-state index is 14.2. The SMILES string of the molecule is CCc1ccc(C[C@@H](CC(=O)N2CCC(N3CCc4ccccc4NC3=O)CC2)C(=O)N2CCC(N3CCNCC3)CC2)cc1CC. The molecule has 9 heteroatoms. The van der Waals surface area contributed by atoms with Crippen molar-refractivity contribution in [1.29, 1.82) is 0 Å². The first kappa shape index (κ1) is 33.5. The maximum absolute atomic E-state index is 14.2. The van der Waals surface area contributed by atoms with Gasteiger partial charge in [0.25, 0.3) is 0 Å². The predicted octanol–water partition coefficient (Wildman–Crippen LogP) is 4.34. The minimum Gasteiger partial charge on any atom is -0.343 e. The molecule has 254 valence electrons. The Morgan fingerprint density at radius 2 is 1.49 bits per heavy atom. The highest BCUT2D eigenvalue weighted by Gasteiger charge is 2.35. The molecule has 0 aromatic heterocycles. The second kappa shape index (κ2) is 15.6. The topological polar surface area (TPSA) is 88.2 Å². The van der Waals surface area contributed by atoms with Crippen LogP contribution in [0.3, 0.4) is 0 Å². The van der Waals surface area contributed by atoms with Gasteiger partial charge in [-0.25, -0.2) is 4.79 Å². The molecule has 9 nitrogen and oxygen atoms in total. The van der Waals surface area contributed by atoms with Crippen molar-refractivity contribution in [1.82, 2.24) is 24.9 Å². The third kappa shape index (κ3) is 8.00. The molecule has 2 N–H and O–H groups in total. The molecule has 0 aliphatic carbocycles. The van der Waals surface area contributed by atoms with Gasteiger partial charge in [-0.3, -0.25) is 14.5 Å². The van der Waals surface area contributed by atoms with Crippen molar-refractivity contribution in [2.75, 3.05) is 64.2 Å². The Morgan fingerprint density at radius 3 is 2.21 bits per heavy atom. The van der Waals surface area contributed by atoms with Crippen molar-refractivity contribution >= 4 is 23.5 Å². The third-order valence-electron chi connectivity index (χ3n) is 11.1. The van der Waals surface area contributed by atoms with E-state index >= 15 is 0 Å². The van der Waals surface area contributed by atoms with Crippen LogP contribution in [-0.2, 0) is 35.3 Å². The van der Waals surface area contributed by atoms with E-state index in [0.29, 0.717) is 32.1 Å². The van der Waals surface area contributed by atoms with Crippen molar-refractivity contribution in [2.24, 2.45) is 5.92 Å². The normalized spacial score (nSPS) is 20.8. The van der Waals surface area contributed by atoms with Crippen molar-refractivity contribution < 1.29 is 14.4 Å². The molecule has 4 aliphatic heterocycles. The zero-order chi connectivity index (χ0) is 32.8. The van der Waals surface area contributed by atoms with Crippen LogP contribution in [0.1, 0.15) is 68.2 Å². The Kier molecular flexibility index (Phi) is 11.1. The molecule has 4 heterocycles. The summed E-state index contributed by atoms with van der Waals surface area (Å²) in [7, 11) is 0. The Morgan fingerprint density at radius 1 is 0.809 bits per heavy atom. The summed E-state index contributed by atoms with van der Waals surface area (Å²) in [6.45, 7) is 12.0. The molecule has 0 unspecified atom stereocenters. The van der Waals surface area contributed by atoms with E-state index in [1.807, 2.05) is 32.9 Å². The number of rotatable bonds is 9. The van der Waals surface area contributed by atoms with Gasteiger partial charge in [0.15, 0.2) is 0 Å². The molecule has 0 spiro atoms. The van der Waals surface area contributed by atoms with Crippen LogP contribution in [0.15, 0.2) is 42.5 Å². The van der Waals surface area contributed by atoms with Gasteiger partial charge in [0.2, 0.25) is 11.8 Å². The van der Waals surface area contributed by atoms with Gasteiger partial charge < -0.3 is 25.3 Å². The molecular formula is C38H54N6O3. The number of hydrogen-bond donors (Lipinski definition) is 2. The lowest BCUT2D eigenvalue weighted by Crippen LogP contribution is -2.53. The largest absolute Gasteiger partial charge is 0.343 e. The first-order chi connectivity index (χ1) is 22.9. The van der Waals surface area contributed by atoms with Gasteiger partial charge >= 0.3 is 6.03 Å². The predicted molar refractivity (Wildman–Crippen MR) is 187 cm³/mol. The lowest BCUT2D eigenvalue weighted by molar-refractivity contribution is -0.143. The second-order valence-electron chi connectivity index (χ2n) is 13.9. The summed E-state index contributed by atoms with van der Waals surface area (Å²) in [4.78, 5) is 49.7. The summed E-state index contributed by atoms with van der Waals surface area (Å²) in [5.74, 6) is -0.181. The van der Waals surface area contributed by atoms with Crippen LogP contribution < -0.4 is 10.6 Å². The Bertz CT molecular complexity index is 1390. The van der Waals surface area contributed by atoms with Crippen LogP contribution in [-0.4, -0.2) is 108 Å². The molecule has 47 heavy (non-hydrogen) atoms. The molecule has 2 aromatic carbocycles. The average Bonchev–Trinajstić information content (AvgIpc) is 3.29. The van der Waals surface area contributed by atoms with Crippen LogP contribution >= 0.6 is 0 Å². The number of aryl methyl sites for hydroxylation is 2. The van der Waals surface area contributed by atoms with Gasteiger partial charge in [0, 0.05) is 83.1 Å². The smallest absolute Gasteiger partial charge is 0.322 e. The van der Waals surface area contributed by atoms with Gasteiger partial charge in [-0.05, 0) is 79.7 Å². The number of anilines is 1. The second-order valence-corrected chi connectivity index (χ2v) is 13.9. The van der Waals surface area contributed by atoms with E-state index in [4.69, 9.17) is 0 Å². The van der Waals surface area contributed by atoms with Gasteiger partial charge in [0.05, 0.1) is 5.92 Å². The summed E-state index contributed by atoms with van der Waals surface area (Å²) in [6.07, 6.45) is 7.11. The fourth-order valence-electron chi connectivity index (χ4n) is 8.27. The molecular weight excluding hydrogens is 588 g/mol. The van der Waals surface area contributed by atoms with Crippen molar-refractivity contribution in [2.45, 2.75) is 83.7 Å². The number of piperidine rings is 2. The zero-order valence-corrected chi connectivity index (χ0v) is 28.5. The number of hydrogen-bond acceptors (Lipinski definition) is 5. The van der Waals surface area contributed by atoms with E-state index in [1.165, 1.54) is 11.1 Å². The molecule has 0 saturated carbocycles. The number of carbonyl (C=O) groups excluding carboxylic acids is 3. The summed E-state index contributed by atoms with van der Waals surface area (Å²) in [5, 5.41) is 6.54. The Hall–Kier alpha value is -3.43.